The number of nitrogens with one attached hydrogen (secondary N) is 4. The fourth-order valence-electron chi connectivity index (χ4n) is 11.3. The maximum Gasteiger partial charge on any atom is 0.325 e. The summed E-state index contributed by atoms with van der Waals surface area (Å²) in [4.78, 5) is 82.2. The number of hydrazine groups is 1. The van der Waals surface area contributed by atoms with Crippen LogP contribution in [0, 0.1) is 47.3 Å². The van der Waals surface area contributed by atoms with Crippen LogP contribution in [-0.2, 0) is 44.7 Å². The molecule has 4 heterocycles. The number of allylic oxidation sites excluding steroid dienone is 5. The first-order valence-corrected chi connectivity index (χ1v) is 28.4. The Morgan fingerprint density at radius 3 is 2.36 bits per heavy atom. The van der Waals surface area contributed by atoms with Gasteiger partial charge in [-0.25, -0.2) is 5.43 Å². The maximum atomic E-state index is 14.5. The van der Waals surface area contributed by atoms with Crippen molar-refractivity contribution in [1.82, 2.24) is 26.4 Å². The van der Waals surface area contributed by atoms with Gasteiger partial charge in [0.1, 0.15) is 41.5 Å². The van der Waals surface area contributed by atoms with Gasteiger partial charge >= 0.3 is 5.97 Å². The quantitative estimate of drug-likeness (QED) is 0.0786. The molecule has 4 amide bonds. The molecule has 0 aromatic heterocycles. The third-order valence-electron chi connectivity index (χ3n) is 16.9. The average molecular weight is 1090 g/mol. The Hall–Kier alpha value is -5.24. The van der Waals surface area contributed by atoms with E-state index in [9.17, 15) is 54.3 Å². The molecule has 3 fully saturated rings. The number of ketones is 1. The number of hydrogen-bond donors (Lipinski definition) is 9. The van der Waals surface area contributed by atoms with Crippen molar-refractivity contribution in [2.75, 3.05) is 6.54 Å². The summed E-state index contributed by atoms with van der Waals surface area (Å²) in [6.45, 7) is 18.3. The molecule has 1 aromatic rings. The number of piperidine rings is 1. The van der Waals surface area contributed by atoms with Crippen molar-refractivity contribution in [3.63, 3.8) is 0 Å². The summed E-state index contributed by atoms with van der Waals surface area (Å²) in [5.41, 5.74) is 3.27. The van der Waals surface area contributed by atoms with Gasteiger partial charge in [-0.15, -0.1) is 0 Å². The number of ether oxygens (including phenoxy) is 2. The second kappa shape index (κ2) is 29.3. The number of amides is 4. The highest BCUT2D eigenvalue weighted by molar-refractivity contribution is 5.93. The molecule has 3 saturated heterocycles. The van der Waals surface area contributed by atoms with Gasteiger partial charge in [-0.2, -0.15) is 0 Å². The van der Waals surface area contributed by atoms with Gasteiger partial charge in [0.2, 0.25) is 17.7 Å². The van der Waals surface area contributed by atoms with E-state index in [1.54, 1.807) is 51.1 Å². The number of esters is 1. The fraction of sp³-hybridized carbons (Fsp3) is 0.667. The first kappa shape index (κ1) is 63.6. The van der Waals surface area contributed by atoms with Crippen molar-refractivity contribution in [1.29, 1.82) is 0 Å². The summed E-state index contributed by atoms with van der Waals surface area (Å²) in [6.07, 6.45) is 10.6. The predicted octanol–water partition coefficient (Wildman–Crippen LogP) is 5.41. The van der Waals surface area contributed by atoms with Gasteiger partial charge in [-0.1, -0.05) is 110 Å². The van der Waals surface area contributed by atoms with E-state index >= 15 is 0 Å². The number of carbonyl (C=O) groups excluding carboxylic acids is 6. The van der Waals surface area contributed by atoms with Crippen LogP contribution in [-0.4, -0.2) is 133 Å². The fourth-order valence-corrected chi connectivity index (χ4v) is 11.3. The van der Waals surface area contributed by atoms with E-state index in [-0.39, 0.29) is 79.3 Å². The van der Waals surface area contributed by atoms with Crippen molar-refractivity contribution < 1.29 is 63.8 Å². The van der Waals surface area contributed by atoms with E-state index in [1.165, 1.54) is 30.1 Å². The Labute approximate surface area is 461 Å². The highest BCUT2D eigenvalue weighted by Gasteiger charge is 2.57. The van der Waals surface area contributed by atoms with Crippen LogP contribution in [0.2, 0.25) is 0 Å². The van der Waals surface area contributed by atoms with Gasteiger partial charge in [-0.05, 0) is 93.9 Å². The molecule has 4 aliphatic rings. The zero-order valence-electron chi connectivity index (χ0n) is 47.6. The number of nitrogens with zero attached hydrogens (tertiary/aromatic N) is 1. The SMILES string of the molecule is CC[C@H]1C[C@H](C)[C@@]2(NC1=O)OC(C[C@H](O)[C@@H](C)CC/C=C/C=C(\C)C1C/C=C/C=C/[C@H](O)[C@H](C)[C@@H](O)[C@@H](CCC(C)=O)C(=O)N[C@@H](C(C)C)C(=O)N[C@@H](Cc3cccc(O)c3)C(=O)N3CCC[C@H](N3)C(=O)O1)[C@H](C)[C@H](O)[C@@H]2C. The van der Waals surface area contributed by atoms with Crippen molar-refractivity contribution in [2.24, 2.45) is 47.3 Å². The highest BCUT2D eigenvalue weighted by atomic mass is 16.5. The number of cyclic esters (lactones) is 1. The molecule has 434 valence electrons. The van der Waals surface area contributed by atoms with E-state index in [0.29, 0.717) is 49.7 Å². The predicted molar refractivity (Wildman–Crippen MR) is 295 cm³/mol. The molecule has 5 rings (SSSR count). The molecule has 2 bridgehead atoms. The van der Waals surface area contributed by atoms with Gasteiger partial charge in [-0.3, -0.25) is 29.0 Å². The lowest BCUT2D eigenvalue weighted by Gasteiger charge is -2.56. The van der Waals surface area contributed by atoms with Crippen molar-refractivity contribution >= 4 is 35.4 Å². The summed E-state index contributed by atoms with van der Waals surface area (Å²) >= 11 is 0. The minimum atomic E-state index is -1.43. The molecule has 18 heteroatoms. The highest BCUT2D eigenvalue weighted by Crippen LogP contribution is 2.46. The molecular weight excluding hydrogens is 999 g/mol. The van der Waals surface area contributed by atoms with Crippen molar-refractivity contribution in [3.05, 3.63) is 77.9 Å². The van der Waals surface area contributed by atoms with Crippen LogP contribution in [0.25, 0.3) is 0 Å². The summed E-state index contributed by atoms with van der Waals surface area (Å²) < 4.78 is 12.9. The summed E-state index contributed by atoms with van der Waals surface area (Å²) in [5, 5.41) is 66.1. The number of benzene rings is 1. The monoisotopic (exact) mass is 1090 g/mol. The van der Waals surface area contributed by atoms with Crippen molar-refractivity contribution in [2.45, 2.75) is 200 Å². The maximum absolute atomic E-state index is 14.5. The van der Waals surface area contributed by atoms with E-state index in [0.717, 1.165) is 6.42 Å². The third-order valence-corrected chi connectivity index (χ3v) is 16.9. The summed E-state index contributed by atoms with van der Waals surface area (Å²) in [7, 11) is 0. The van der Waals surface area contributed by atoms with Crippen LogP contribution in [0.5, 0.6) is 5.75 Å². The van der Waals surface area contributed by atoms with Crippen LogP contribution < -0.4 is 21.4 Å². The number of aliphatic hydroxyl groups is 4. The van der Waals surface area contributed by atoms with E-state index < -0.39 is 102 Å². The van der Waals surface area contributed by atoms with E-state index in [4.69, 9.17) is 9.47 Å². The molecular formula is C60H91N5O13. The molecule has 17 atom stereocenters. The molecule has 18 nitrogen and oxygen atoms in total. The van der Waals surface area contributed by atoms with Crippen LogP contribution in [0.4, 0.5) is 0 Å². The molecule has 0 saturated carbocycles. The molecule has 0 radical (unpaired) electrons. The van der Waals surface area contributed by atoms with Gasteiger partial charge in [0.25, 0.3) is 5.91 Å². The first-order chi connectivity index (χ1) is 36.9. The van der Waals surface area contributed by atoms with Gasteiger partial charge in [0, 0.05) is 61.8 Å². The number of hydrogen-bond acceptors (Lipinski definition) is 14. The third kappa shape index (κ3) is 16.7. The van der Waals surface area contributed by atoms with Crippen LogP contribution in [0.3, 0.4) is 0 Å². The van der Waals surface area contributed by atoms with E-state index in [2.05, 4.69) is 28.3 Å². The Balaban J connectivity index is 1.35. The Morgan fingerprint density at radius 1 is 0.949 bits per heavy atom. The van der Waals surface area contributed by atoms with Gasteiger partial charge in [0.15, 0.2) is 0 Å². The minimum absolute atomic E-state index is 0.0254. The lowest BCUT2D eigenvalue weighted by Crippen LogP contribution is -2.71. The smallest absolute Gasteiger partial charge is 0.325 e. The number of phenols is 1. The number of fused-ring (bicyclic) bond motifs is 2. The number of rotatable bonds is 15. The molecule has 78 heavy (non-hydrogen) atoms. The normalized spacial score (nSPS) is 34.9. The standard InChI is InChI=1S/C60H91N5O13/c1-11-43-30-37(6)60(63-55(43)72)41(10)53(70)40(9)51(78-60)33-49(69)35(4)20-14-12-15-21-36(5)50-26-17-13-16-25-48(68)39(8)54(71)45(28-27-38(7)66)56(73)62-52(34(2)3)57(74)61-47(32-42-22-18-23-44(67)31-42)58(75)65-29-19-24-46(64-65)59(76)77-50/h12-13,15-18,21-23,25,31,34-35,37,39-41,43,45-54,64,67-71H,11,14,19-20,24,26-30,32-33H2,1-10H3,(H,61,74)(H,62,73)(H,63,72)/b15-12+,17-13+,25-16+,36-21+/t35-,37-,39-,40-,41-,43-,45+,46-,47-,48-,49-,50?,51?,52-,53-,54+,60+/m0/s1. The molecule has 2 unspecified atom stereocenters. The summed E-state index contributed by atoms with van der Waals surface area (Å²) in [6, 6.07) is 2.90. The van der Waals surface area contributed by atoms with Gasteiger partial charge in [0.05, 0.1) is 36.4 Å². The Kier molecular flexibility index (Phi) is 23.9. The first-order valence-electron chi connectivity index (χ1n) is 28.4. The molecule has 0 aliphatic carbocycles. The lowest BCUT2D eigenvalue weighted by atomic mass is 9.69. The lowest BCUT2D eigenvalue weighted by molar-refractivity contribution is -0.267. The number of Topliss-reactive ketones (excluding diaryl/α,β-unsaturated/α-hetero) is 1. The molecule has 1 spiro atoms. The largest absolute Gasteiger partial charge is 0.508 e. The van der Waals surface area contributed by atoms with Crippen molar-refractivity contribution in [3.8, 4) is 5.75 Å². The molecule has 4 aliphatic heterocycles. The van der Waals surface area contributed by atoms with Crippen LogP contribution in [0.15, 0.2) is 72.4 Å². The Bertz CT molecular complexity index is 2340. The minimum Gasteiger partial charge on any atom is -0.508 e. The van der Waals surface area contributed by atoms with E-state index in [1.807, 2.05) is 52.8 Å². The van der Waals surface area contributed by atoms with Gasteiger partial charge < -0.3 is 55.8 Å². The number of carbonyl (C=O) groups is 6. The molecule has 9 N–H and O–H groups in total. The second-order valence-electron chi connectivity index (χ2n) is 23.2. The molecule has 1 aromatic carbocycles. The number of aromatic hydroxyl groups is 1. The van der Waals surface area contributed by atoms with Crippen LogP contribution in [0.1, 0.15) is 139 Å². The zero-order chi connectivity index (χ0) is 57.6. The topological polar surface area (TPSA) is 273 Å². The number of aliphatic hydroxyl groups excluding tert-OH is 4. The van der Waals surface area contributed by atoms with Crippen LogP contribution >= 0.6 is 0 Å². The summed E-state index contributed by atoms with van der Waals surface area (Å²) in [5.74, 6) is -6.33. The zero-order valence-corrected chi connectivity index (χ0v) is 47.6. The Morgan fingerprint density at radius 2 is 1.68 bits per heavy atom. The number of phenolic OH excluding ortho intramolecular Hbond substituents is 1. The second-order valence-corrected chi connectivity index (χ2v) is 23.2. The average Bonchev–Trinajstić information content (AvgIpc) is 3.51.